The molecule has 4 aromatic heterocycles. The van der Waals surface area contributed by atoms with Gasteiger partial charge in [0.1, 0.15) is 22.5 Å². The van der Waals surface area contributed by atoms with Crippen LogP contribution in [0.2, 0.25) is 0 Å². The fraction of sp³-hybridized carbons (Fsp3) is 0.209. The van der Waals surface area contributed by atoms with Crippen LogP contribution < -0.4 is 14.4 Å². The van der Waals surface area contributed by atoms with Gasteiger partial charge >= 0.3 is 5.97 Å². The molecule has 5 heterocycles. The van der Waals surface area contributed by atoms with Crippen LogP contribution >= 0.6 is 69.7 Å². The molecule has 0 aliphatic carbocycles. The largest absolute Gasteiger partial charge is 0.494 e. The highest BCUT2D eigenvalue weighted by molar-refractivity contribution is 8.27. The number of unbranched alkanes of at least 4 members (excludes halogenated alkanes) is 6. The monoisotopic (exact) mass is 1180 g/mol. The summed E-state index contributed by atoms with van der Waals surface area (Å²) in [6.45, 7) is 5.96. The second-order valence-electron chi connectivity index (χ2n) is 19.9. The first-order valence-electron chi connectivity index (χ1n) is 27.5. The number of thiocarbonyl (C=S) groups is 1. The first-order chi connectivity index (χ1) is 39.7. The van der Waals surface area contributed by atoms with E-state index in [9.17, 15) is 14.7 Å². The summed E-state index contributed by atoms with van der Waals surface area (Å²) in [6, 6.07) is 60.4. The Bertz CT molecular complexity index is 3680. The zero-order valence-corrected chi connectivity index (χ0v) is 49.9. The number of nitrogens with zero attached hydrogens (tertiary/aromatic N) is 3. The number of carbonyl (C=O) groups is 2. The van der Waals surface area contributed by atoms with Crippen LogP contribution in [0.15, 0.2) is 175 Å². The van der Waals surface area contributed by atoms with E-state index in [1.54, 1.807) is 34.0 Å². The van der Waals surface area contributed by atoms with E-state index in [1.165, 1.54) is 92.7 Å². The summed E-state index contributed by atoms with van der Waals surface area (Å²) in [4.78, 5) is 33.9. The molecule has 0 amide bonds. The Morgan fingerprint density at radius 3 is 1.43 bits per heavy atom. The van der Waals surface area contributed by atoms with Crippen LogP contribution in [-0.4, -0.2) is 43.0 Å². The number of allylic oxidation sites excluding steroid dienone is 1. The van der Waals surface area contributed by atoms with Crippen LogP contribution in [0.4, 0.5) is 17.1 Å². The Labute approximate surface area is 499 Å². The summed E-state index contributed by atoms with van der Waals surface area (Å²) in [7, 11) is 0. The summed E-state index contributed by atoms with van der Waals surface area (Å²) < 4.78 is 22.1. The van der Waals surface area contributed by atoms with E-state index in [1.807, 2.05) is 18.2 Å². The second kappa shape index (κ2) is 26.3. The predicted octanol–water partition coefficient (Wildman–Crippen LogP) is 20.3. The molecule has 0 spiro atoms. The van der Waals surface area contributed by atoms with Crippen molar-refractivity contribution in [1.82, 2.24) is 8.75 Å². The molecule has 1 aliphatic heterocycles. The number of carboxylic acid groups (broad SMARTS) is 1. The van der Waals surface area contributed by atoms with Gasteiger partial charge in [-0.3, -0.25) is 9.59 Å². The SMILES string of the molecule is CCCCCCOc1ccc(-c2ccc(-c3ccc(N(c4ccc(-c5ccc(-c6ccc(OCCCCCC)cc6)s5)cc4)c4ccc(-c5ccc(-c6ccc(/C=C7/SC(=S)C(CC(=O)O)C7=O)s6)c6nsnc56)cc4)cc3)s2)cc1. The van der Waals surface area contributed by atoms with Crippen LogP contribution in [0.5, 0.6) is 11.5 Å². The van der Waals surface area contributed by atoms with Crippen LogP contribution in [0.1, 0.15) is 76.5 Å². The molecule has 1 atom stereocenters. The van der Waals surface area contributed by atoms with Gasteiger partial charge in [0.2, 0.25) is 0 Å². The molecule has 14 heteroatoms. The summed E-state index contributed by atoms with van der Waals surface area (Å²) in [5.41, 5.74) is 12.3. The number of carbonyl (C=O) groups excluding carboxylic acids is 1. The molecule has 11 rings (SSSR count). The highest BCUT2D eigenvalue weighted by Gasteiger charge is 2.36. The normalized spacial score (nSPS) is 13.9. The minimum Gasteiger partial charge on any atom is -0.494 e. The fourth-order valence-corrected chi connectivity index (χ4v) is 15.0. The molecule has 408 valence electrons. The van der Waals surface area contributed by atoms with Crippen molar-refractivity contribution >= 4 is 120 Å². The van der Waals surface area contributed by atoms with Gasteiger partial charge in [-0.15, -0.1) is 34.0 Å². The molecular weight excluding hydrogens is 1120 g/mol. The van der Waals surface area contributed by atoms with Gasteiger partial charge < -0.3 is 19.5 Å². The van der Waals surface area contributed by atoms with Crippen molar-refractivity contribution in [1.29, 1.82) is 0 Å². The van der Waals surface area contributed by atoms with Crippen molar-refractivity contribution in [2.45, 2.75) is 71.6 Å². The number of fused-ring (bicyclic) bond motifs is 1. The highest BCUT2D eigenvalue weighted by Crippen LogP contribution is 2.44. The lowest BCUT2D eigenvalue weighted by Gasteiger charge is -2.26. The Hall–Kier alpha value is -7.04. The van der Waals surface area contributed by atoms with Crippen molar-refractivity contribution in [2.75, 3.05) is 18.1 Å². The van der Waals surface area contributed by atoms with E-state index in [4.69, 9.17) is 30.4 Å². The Kier molecular flexibility index (Phi) is 18.1. The molecule has 6 aromatic carbocycles. The van der Waals surface area contributed by atoms with E-state index < -0.39 is 11.9 Å². The van der Waals surface area contributed by atoms with E-state index in [0.717, 1.165) is 103 Å². The average molecular weight is 1180 g/mol. The van der Waals surface area contributed by atoms with Gasteiger partial charge in [-0.25, -0.2) is 0 Å². The third-order valence-corrected chi connectivity index (χ3v) is 19.8. The van der Waals surface area contributed by atoms with Gasteiger partial charge in [-0.05, 0) is 168 Å². The van der Waals surface area contributed by atoms with E-state index in [2.05, 4.69) is 176 Å². The minimum atomic E-state index is -1.04. The standard InChI is InChI=1S/C67H59N3O5S6/c1-3-5-7-9-39-74-51-27-17-46(18-28-51)59-37-35-57(78-59)44-13-23-49(24-14-44)70(50-25-15-45(16-26-50)58-36-38-60(79-58)47-19-29-52(30-20-47)75-40-10-8-6-4-2)48-21-11-43(12-22-48)54-32-33-55(65-64(54)68-81-69-65)61-34-31-53(77-61)41-62-66(73)56(42-63(71)72)67(76)80-62/h11-38,41,56H,3-10,39-40,42H2,1-2H3,(H,71,72)/b62-41+. The number of thiophene rings is 3. The van der Waals surface area contributed by atoms with Crippen LogP contribution in [0.3, 0.4) is 0 Å². The number of ketones is 1. The third kappa shape index (κ3) is 13.2. The van der Waals surface area contributed by atoms with Crippen molar-refractivity contribution < 1.29 is 24.2 Å². The Morgan fingerprint density at radius 1 is 0.531 bits per heavy atom. The number of rotatable bonds is 24. The first kappa shape index (κ1) is 55.8. The maximum Gasteiger partial charge on any atom is 0.304 e. The van der Waals surface area contributed by atoms with E-state index in [0.29, 0.717) is 9.10 Å². The molecule has 0 bridgehead atoms. The molecule has 1 unspecified atom stereocenters. The number of thioether (sulfide) groups is 1. The fourth-order valence-electron chi connectivity index (χ4n) is 9.91. The van der Waals surface area contributed by atoms with E-state index in [-0.39, 0.29) is 12.2 Å². The number of aliphatic carboxylic acids is 1. The quantitative estimate of drug-likeness (QED) is 0.0357. The average Bonchev–Trinajstić information content (AvgIpc) is 4.41. The summed E-state index contributed by atoms with van der Waals surface area (Å²) in [5, 5.41) is 9.32. The molecule has 0 radical (unpaired) electrons. The molecule has 1 aliphatic rings. The molecule has 81 heavy (non-hydrogen) atoms. The van der Waals surface area contributed by atoms with Crippen molar-refractivity contribution in [3.05, 3.63) is 180 Å². The predicted molar refractivity (Wildman–Crippen MR) is 347 cm³/mol. The maximum absolute atomic E-state index is 13.1. The van der Waals surface area contributed by atoms with Gasteiger partial charge in [-0.2, -0.15) is 8.75 Å². The van der Waals surface area contributed by atoms with Crippen molar-refractivity contribution in [2.24, 2.45) is 5.92 Å². The number of hydrogen-bond donors (Lipinski definition) is 1. The molecule has 0 saturated carbocycles. The molecule has 1 fully saturated rings. The summed E-state index contributed by atoms with van der Waals surface area (Å²) in [5.74, 6) is -0.221. The smallest absolute Gasteiger partial charge is 0.304 e. The Balaban J connectivity index is 0.845. The number of Topliss-reactive ketones (excluding diaryl/α,β-unsaturated/α-hetero) is 1. The van der Waals surface area contributed by atoms with Gasteiger partial charge in [0.25, 0.3) is 0 Å². The zero-order valence-electron chi connectivity index (χ0n) is 45.0. The number of benzene rings is 6. The number of hydrogen-bond acceptors (Lipinski definition) is 13. The van der Waals surface area contributed by atoms with Gasteiger partial charge in [0.05, 0.1) is 46.4 Å². The molecular formula is C67H59N3O5S6. The summed E-state index contributed by atoms with van der Waals surface area (Å²) in [6.07, 6.45) is 11.0. The lowest BCUT2D eigenvalue weighted by atomic mass is 10.00. The lowest BCUT2D eigenvalue weighted by Crippen LogP contribution is -2.17. The molecule has 1 N–H and O–H groups in total. The Morgan fingerprint density at radius 2 is 0.963 bits per heavy atom. The first-order valence-corrected chi connectivity index (χ1v) is 31.9. The number of ether oxygens (including phenoxy) is 2. The molecule has 10 aromatic rings. The minimum absolute atomic E-state index is 0.233. The van der Waals surface area contributed by atoms with Crippen LogP contribution in [0.25, 0.3) is 80.4 Å². The number of carboxylic acids is 1. The number of aromatic nitrogens is 2. The van der Waals surface area contributed by atoms with Crippen molar-refractivity contribution in [3.8, 4) is 74.8 Å². The maximum atomic E-state index is 13.1. The zero-order chi connectivity index (χ0) is 55.7. The number of anilines is 3. The van der Waals surface area contributed by atoms with Crippen LogP contribution in [-0.2, 0) is 9.59 Å². The van der Waals surface area contributed by atoms with Crippen LogP contribution in [0, 0.1) is 5.92 Å². The topological polar surface area (TPSA) is 102 Å². The van der Waals surface area contributed by atoms with Crippen molar-refractivity contribution in [3.63, 3.8) is 0 Å². The highest BCUT2D eigenvalue weighted by atomic mass is 32.2. The van der Waals surface area contributed by atoms with Gasteiger partial charge in [0, 0.05) is 57.5 Å². The van der Waals surface area contributed by atoms with Gasteiger partial charge in [0.15, 0.2) is 5.78 Å². The second-order valence-corrected chi connectivity index (χ2v) is 25.5. The van der Waals surface area contributed by atoms with Gasteiger partial charge in [-0.1, -0.05) is 125 Å². The molecule has 8 nitrogen and oxygen atoms in total. The molecule has 1 saturated heterocycles. The lowest BCUT2D eigenvalue weighted by molar-refractivity contribution is -0.139. The summed E-state index contributed by atoms with van der Waals surface area (Å²) >= 11 is 12.9. The third-order valence-electron chi connectivity index (χ3n) is 14.3. The van der Waals surface area contributed by atoms with E-state index >= 15 is 0 Å².